The van der Waals surface area contributed by atoms with Crippen molar-refractivity contribution in [3.05, 3.63) is 23.9 Å². The van der Waals surface area contributed by atoms with Crippen LogP contribution in [0.3, 0.4) is 0 Å². The van der Waals surface area contributed by atoms with Crippen molar-refractivity contribution < 1.29 is 9.47 Å². The van der Waals surface area contributed by atoms with Crippen molar-refractivity contribution in [2.45, 2.75) is 52.1 Å². The van der Waals surface area contributed by atoms with Gasteiger partial charge < -0.3 is 14.8 Å². The van der Waals surface area contributed by atoms with Gasteiger partial charge in [-0.25, -0.2) is 4.98 Å². The highest BCUT2D eigenvalue weighted by molar-refractivity contribution is 5.44. The molecule has 0 saturated carbocycles. The summed E-state index contributed by atoms with van der Waals surface area (Å²) < 4.78 is 12.1. The Balaban J connectivity index is 2.29. The van der Waals surface area contributed by atoms with Crippen molar-refractivity contribution in [3.8, 4) is 0 Å². The van der Waals surface area contributed by atoms with Crippen LogP contribution in [0.15, 0.2) is 18.3 Å². The summed E-state index contributed by atoms with van der Waals surface area (Å²) in [5.41, 5.74) is 0.312. The van der Waals surface area contributed by atoms with Gasteiger partial charge in [-0.1, -0.05) is 0 Å². The Morgan fingerprint density at radius 3 is 2.39 bits per heavy atom. The van der Waals surface area contributed by atoms with E-state index in [1.807, 2.05) is 19.1 Å². The first-order valence-corrected chi connectivity index (χ1v) is 6.42. The lowest BCUT2D eigenvalue weighted by Crippen LogP contribution is -2.41. The van der Waals surface area contributed by atoms with Crippen LogP contribution in [0.1, 0.15) is 46.5 Å². The molecule has 2 heterocycles. The standard InChI is InChI=1S/C14H22N2O2/c1-6-15-11-10(8-7-9-16-11)12-17-13(2,3)14(4,5)18-12/h7-9,12H,6H2,1-5H3,(H,15,16). The molecule has 0 amide bonds. The SMILES string of the molecule is CCNc1ncccc1C1OC(C)(C)C(C)(C)O1. The van der Waals surface area contributed by atoms with Gasteiger partial charge in [-0.05, 0) is 46.8 Å². The molecule has 0 aliphatic carbocycles. The quantitative estimate of drug-likeness (QED) is 0.895. The van der Waals surface area contributed by atoms with Crippen LogP contribution in [0.4, 0.5) is 5.82 Å². The maximum atomic E-state index is 6.03. The molecule has 0 bridgehead atoms. The topological polar surface area (TPSA) is 43.4 Å². The van der Waals surface area contributed by atoms with Crippen molar-refractivity contribution in [3.63, 3.8) is 0 Å². The second-order valence-electron chi connectivity index (χ2n) is 5.56. The molecule has 100 valence electrons. The van der Waals surface area contributed by atoms with Crippen LogP contribution in [-0.2, 0) is 9.47 Å². The Morgan fingerprint density at radius 1 is 1.22 bits per heavy atom. The van der Waals surface area contributed by atoms with E-state index in [0.29, 0.717) is 0 Å². The summed E-state index contributed by atoms with van der Waals surface area (Å²) in [6.45, 7) is 11.1. The molecule has 0 radical (unpaired) electrons. The largest absolute Gasteiger partial charge is 0.370 e. The van der Waals surface area contributed by atoms with Gasteiger partial charge >= 0.3 is 0 Å². The number of aromatic nitrogens is 1. The minimum Gasteiger partial charge on any atom is -0.370 e. The Hall–Kier alpha value is -1.13. The van der Waals surface area contributed by atoms with E-state index in [4.69, 9.17) is 9.47 Å². The third-order valence-corrected chi connectivity index (χ3v) is 3.69. The monoisotopic (exact) mass is 250 g/mol. The fourth-order valence-electron chi connectivity index (χ4n) is 1.89. The average Bonchev–Trinajstić information content (AvgIpc) is 2.49. The summed E-state index contributed by atoms with van der Waals surface area (Å²) in [7, 11) is 0. The first-order valence-electron chi connectivity index (χ1n) is 6.42. The molecule has 2 rings (SSSR count). The van der Waals surface area contributed by atoms with E-state index in [2.05, 4.69) is 38.0 Å². The zero-order valence-corrected chi connectivity index (χ0v) is 11.8. The maximum Gasteiger partial charge on any atom is 0.188 e. The minimum absolute atomic E-state index is 0.322. The van der Waals surface area contributed by atoms with Crippen molar-refractivity contribution in [2.75, 3.05) is 11.9 Å². The fourth-order valence-corrected chi connectivity index (χ4v) is 1.89. The zero-order valence-electron chi connectivity index (χ0n) is 11.8. The van der Waals surface area contributed by atoms with Crippen LogP contribution >= 0.6 is 0 Å². The summed E-state index contributed by atoms with van der Waals surface area (Å²) >= 11 is 0. The van der Waals surface area contributed by atoms with Crippen molar-refractivity contribution in [2.24, 2.45) is 0 Å². The lowest BCUT2D eigenvalue weighted by molar-refractivity contribution is -0.0892. The second-order valence-corrected chi connectivity index (χ2v) is 5.56. The lowest BCUT2D eigenvalue weighted by Gasteiger charge is -2.30. The Labute approximate surface area is 109 Å². The number of ether oxygens (including phenoxy) is 2. The van der Waals surface area contributed by atoms with Crippen LogP contribution in [0, 0.1) is 0 Å². The molecule has 0 atom stereocenters. The molecular formula is C14H22N2O2. The van der Waals surface area contributed by atoms with E-state index in [0.717, 1.165) is 17.9 Å². The predicted octanol–water partition coefficient (Wildman–Crippen LogP) is 3.12. The van der Waals surface area contributed by atoms with Crippen LogP contribution in [0.25, 0.3) is 0 Å². The molecule has 0 spiro atoms. The van der Waals surface area contributed by atoms with Gasteiger partial charge in [0, 0.05) is 12.7 Å². The van der Waals surface area contributed by atoms with Gasteiger partial charge in [0.2, 0.25) is 0 Å². The van der Waals surface area contributed by atoms with Crippen molar-refractivity contribution in [1.29, 1.82) is 0 Å². The molecular weight excluding hydrogens is 228 g/mol. The van der Waals surface area contributed by atoms with E-state index in [1.54, 1.807) is 6.20 Å². The molecule has 1 aromatic heterocycles. The van der Waals surface area contributed by atoms with Crippen molar-refractivity contribution in [1.82, 2.24) is 4.98 Å². The summed E-state index contributed by atoms with van der Waals surface area (Å²) in [5, 5.41) is 3.24. The molecule has 1 N–H and O–H groups in total. The molecule has 0 aromatic carbocycles. The van der Waals surface area contributed by atoms with Gasteiger partial charge in [0.25, 0.3) is 0 Å². The molecule has 1 fully saturated rings. The van der Waals surface area contributed by atoms with Crippen molar-refractivity contribution >= 4 is 5.82 Å². The first-order chi connectivity index (χ1) is 8.37. The van der Waals surface area contributed by atoms with E-state index in [1.165, 1.54) is 0 Å². The Kier molecular flexibility index (Phi) is 3.34. The van der Waals surface area contributed by atoms with E-state index >= 15 is 0 Å². The normalized spacial score (nSPS) is 22.1. The van der Waals surface area contributed by atoms with Crippen LogP contribution in [0.5, 0.6) is 0 Å². The minimum atomic E-state index is -0.363. The van der Waals surface area contributed by atoms with E-state index in [-0.39, 0.29) is 17.5 Å². The Bertz CT molecular complexity index is 414. The summed E-state index contributed by atoms with van der Waals surface area (Å²) in [6.07, 6.45) is 1.41. The smallest absolute Gasteiger partial charge is 0.188 e. The summed E-state index contributed by atoms with van der Waals surface area (Å²) in [6, 6.07) is 3.90. The predicted molar refractivity (Wildman–Crippen MR) is 71.5 cm³/mol. The van der Waals surface area contributed by atoms with E-state index < -0.39 is 0 Å². The number of nitrogens with one attached hydrogen (secondary N) is 1. The molecule has 1 saturated heterocycles. The molecule has 1 aliphatic rings. The number of rotatable bonds is 3. The van der Waals surface area contributed by atoms with Crippen LogP contribution in [-0.4, -0.2) is 22.7 Å². The molecule has 1 aliphatic heterocycles. The highest BCUT2D eigenvalue weighted by Gasteiger charge is 2.50. The van der Waals surface area contributed by atoms with Crippen LogP contribution < -0.4 is 5.32 Å². The van der Waals surface area contributed by atoms with Gasteiger partial charge in [0.05, 0.1) is 16.8 Å². The lowest BCUT2D eigenvalue weighted by atomic mass is 9.90. The van der Waals surface area contributed by atoms with Crippen LogP contribution in [0.2, 0.25) is 0 Å². The molecule has 18 heavy (non-hydrogen) atoms. The van der Waals surface area contributed by atoms with E-state index in [9.17, 15) is 0 Å². The molecule has 4 nitrogen and oxygen atoms in total. The second kappa shape index (κ2) is 4.52. The number of anilines is 1. The van der Waals surface area contributed by atoms with Gasteiger partial charge in [-0.3, -0.25) is 0 Å². The van der Waals surface area contributed by atoms with Gasteiger partial charge in [0.1, 0.15) is 5.82 Å². The maximum absolute atomic E-state index is 6.03. The number of pyridine rings is 1. The zero-order chi connectivity index (χ0) is 13.4. The third kappa shape index (κ3) is 2.22. The van der Waals surface area contributed by atoms with Gasteiger partial charge in [-0.2, -0.15) is 0 Å². The molecule has 4 heteroatoms. The average molecular weight is 250 g/mol. The fraction of sp³-hybridized carbons (Fsp3) is 0.643. The third-order valence-electron chi connectivity index (χ3n) is 3.69. The highest BCUT2D eigenvalue weighted by Crippen LogP contribution is 2.45. The summed E-state index contributed by atoms with van der Waals surface area (Å²) in [4.78, 5) is 4.34. The summed E-state index contributed by atoms with van der Waals surface area (Å²) in [5.74, 6) is 0.832. The number of hydrogen-bond acceptors (Lipinski definition) is 4. The highest BCUT2D eigenvalue weighted by atomic mass is 16.7. The number of nitrogens with zero attached hydrogens (tertiary/aromatic N) is 1. The first kappa shape index (κ1) is 13.3. The van der Waals surface area contributed by atoms with Gasteiger partial charge in [-0.15, -0.1) is 0 Å². The Morgan fingerprint density at radius 2 is 1.83 bits per heavy atom. The molecule has 1 aromatic rings. The van der Waals surface area contributed by atoms with Gasteiger partial charge in [0.15, 0.2) is 6.29 Å². The number of hydrogen-bond donors (Lipinski definition) is 1. The molecule has 0 unspecified atom stereocenters.